The highest BCUT2D eigenvalue weighted by Crippen LogP contribution is 2.37. The van der Waals surface area contributed by atoms with Crippen molar-refractivity contribution in [1.29, 1.82) is 5.26 Å². The monoisotopic (exact) mass is 369 g/mol. The smallest absolute Gasteiger partial charge is 0.255 e. The lowest BCUT2D eigenvalue weighted by Crippen LogP contribution is -2.53. The van der Waals surface area contributed by atoms with Crippen LogP contribution in [0.25, 0.3) is 0 Å². The second-order valence-electron chi connectivity index (χ2n) is 6.03. The number of rotatable bonds is 4. The van der Waals surface area contributed by atoms with E-state index >= 15 is 0 Å². The maximum atomic E-state index is 12.6. The van der Waals surface area contributed by atoms with Crippen LogP contribution >= 0.6 is 11.3 Å². The number of nitriles is 1. The fourth-order valence-corrected chi connectivity index (χ4v) is 5.61. The van der Waals surface area contributed by atoms with Gasteiger partial charge in [0.05, 0.1) is 24.8 Å². The van der Waals surface area contributed by atoms with Gasteiger partial charge in [-0.25, -0.2) is 8.42 Å². The summed E-state index contributed by atoms with van der Waals surface area (Å²) >= 11 is 1.04. The van der Waals surface area contributed by atoms with E-state index in [-0.39, 0.29) is 10.1 Å². The number of ether oxygens (including phenoxy) is 1. The molecule has 0 radical (unpaired) electrons. The molecule has 0 bridgehead atoms. The van der Waals surface area contributed by atoms with Gasteiger partial charge >= 0.3 is 0 Å². The van der Waals surface area contributed by atoms with Crippen LogP contribution in [0.15, 0.2) is 15.7 Å². The first-order chi connectivity index (χ1) is 11.4. The number of hydrogen-bond acceptors (Lipinski definition) is 6. The topological polar surface area (TPSA) is 90.7 Å². The average Bonchev–Trinajstić information content (AvgIpc) is 3.05. The number of sulfonamides is 1. The third kappa shape index (κ3) is 2.84. The predicted molar refractivity (Wildman–Crippen MR) is 88.2 cm³/mol. The van der Waals surface area contributed by atoms with Gasteiger partial charge in [0.25, 0.3) is 15.9 Å². The Balaban J connectivity index is 1.80. The molecule has 2 heterocycles. The van der Waals surface area contributed by atoms with E-state index in [1.807, 2.05) is 0 Å². The van der Waals surface area contributed by atoms with Crippen LogP contribution in [0, 0.1) is 11.3 Å². The van der Waals surface area contributed by atoms with Crippen LogP contribution < -0.4 is 0 Å². The molecule has 24 heavy (non-hydrogen) atoms. The molecule has 3 rings (SSSR count). The summed E-state index contributed by atoms with van der Waals surface area (Å²) in [5.74, 6) is -0.309. The SMILES string of the molecule is CN(C(=O)c1csc(S(=O)(=O)N2CCOCC2)c1)C1(C#N)CCC1. The van der Waals surface area contributed by atoms with Gasteiger partial charge in [-0.15, -0.1) is 11.3 Å². The number of carbonyl (C=O) groups excluding carboxylic acids is 1. The number of hydrogen-bond donors (Lipinski definition) is 0. The van der Waals surface area contributed by atoms with Crippen LogP contribution in [0.2, 0.25) is 0 Å². The van der Waals surface area contributed by atoms with Crippen molar-refractivity contribution in [1.82, 2.24) is 9.21 Å². The molecule has 1 aliphatic carbocycles. The second-order valence-corrected chi connectivity index (χ2v) is 9.11. The Morgan fingerprint density at radius 2 is 2.08 bits per heavy atom. The van der Waals surface area contributed by atoms with Gasteiger partial charge in [-0.05, 0) is 25.3 Å². The lowest BCUT2D eigenvalue weighted by atomic mass is 9.76. The maximum absolute atomic E-state index is 12.6. The Labute approximate surface area is 145 Å². The largest absolute Gasteiger partial charge is 0.379 e. The molecular weight excluding hydrogens is 350 g/mol. The quantitative estimate of drug-likeness (QED) is 0.797. The lowest BCUT2D eigenvalue weighted by Gasteiger charge is -2.42. The van der Waals surface area contributed by atoms with E-state index in [4.69, 9.17) is 4.74 Å². The Morgan fingerprint density at radius 3 is 2.62 bits per heavy atom. The second kappa shape index (κ2) is 6.44. The van der Waals surface area contributed by atoms with Crippen molar-refractivity contribution in [2.75, 3.05) is 33.4 Å². The van der Waals surface area contributed by atoms with Crippen LogP contribution in [0.3, 0.4) is 0 Å². The van der Waals surface area contributed by atoms with E-state index in [0.29, 0.717) is 44.7 Å². The molecule has 0 aromatic carbocycles. The Morgan fingerprint density at radius 1 is 1.42 bits per heavy atom. The Bertz CT molecular complexity index is 771. The van der Waals surface area contributed by atoms with Crippen molar-refractivity contribution < 1.29 is 17.9 Å². The highest BCUT2D eigenvalue weighted by atomic mass is 32.2. The summed E-state index contributed by atoms with van der Waals surface area (Å²) in [5.41, 5.74) is -0.432. The predicted octanol–water partition coefficient (Wildman–Crippen LogP) is 1.29. The number of carbonyl (C=O) groups is 1. The van der Waals surface area contributed by atoms with Gasteiger partial charge in [0, 0.05) is 25.5 Å². The zero-order valence-corrected chi connectivity index (χ0v) is 15.0. The molecule has 0 unspecified atom stereocenters. The van der Waals surface area contributed by atoms with E-state index in [2.05, 4.69) is 6.07 Å². The standard InChI is InChI=1S/C15H19N3O4S2/c1-17(15(11-16)3-2-4-15)14(19)12-9-13(23-10-12)24(20,21)18-5-7-22-8-6-18/h9-10H,2-8H2,1H3. The molecule has 1 amide bonds. The molecule has 1 saturated heterocycles. The van der Waals surface area contributed by atoms with Gasteiger partial charge in [0.15, 0.2) is 0 Å². The molecule has 0 atom stereocenters. The molecule has 0 N–H and O–H groups in total. The zero-order chi connectivity index (χ0) is 17.4. The van der Waals surface area contributed by atoms with Gasteiger partial charge in [0.1, 0.15) is 9.75 Å². The summed E-state index contributed by atoms with van der Waals surface area (Å²) in [6, 6.07) is 3.64. The minimum atomic E-state index is -3.60. The van der Waals surface area contributed by atoms with E-state index in [0.717, 1.165) is 17.8 Å². The van der Waals surface area contributed by atoms with E-state index in [1.165, 1.54) is 15.3 Å². The summed E-state index contributed by atoms with van der Waals surface area (Å²) in [6.45, 7) is 1.40. The maximum Gasteiger partial charge on any atom is 0.255 e. The van der Waals surface area contributed by atoms with Gasteiger partial charge in [-0.2, -0.15) is 9.57 Å². The normalized spacial score (nSPS) is 20.8. The van der Waals surface area contributed by atoms with Crippen LogP contribution in [-0.2, 0) is 14.8 Å². The Hall–Kier alpha value is -1.47. The fraction of sp³-hybridized carbons (Fsp3) is 0.600. The lowest BCUT2D eigenvalue weighted by molar-refractivity contribution is 0.0498. The van der Waals surface area contributed by atoms with Crippen molar-refractivity contribution in [3.8, 4) is 6.07 Å². The van der Waals surface area contributed by atoms with Crippen molar-refractivity contribution in [3.63, 3.8) is 0 Å². The van der Waals surface area contributed by atoms with Crippen molar-refractivity contribution in [2.45, 2.75) is 29.0 Å². The molecular formula is C15H19N3O4S2. The first-order valence-corrected chi connectivity index (χ1v) is 10.1. The van der Waals surface area contributed by atoms with Crippen LogP contribution in [0.4, 0.5) is 0 Å². The summed E-state index contributed by atoms with van der Waals surface area (Å²) in [7, 11) is -1.99. The Kier molecular flexibility index (Phi) is 4.66. The van der Waals surface area contributed by atoms with Gasteiger partial charge < -0.3 is 9.64 Å². The van der Waals surface area contributed by atoms with Crippen molar-refractivity contribution in [3.05, 3.63) is 17.0 Å². The molecule has 7 nitrogen and oxygen atoms in total. The average molecular weight is 369 g/mol. The number of nitrogens with zero attached hydrogens (tertiary/aromatic N) is 3. The zero-order valence-electron chi connectivity index (χ0n) is 13.4. The highest BCUT2D eigenvalue weighted by molar-refractivity contribution is 7.91. The van der Waals surface area contributed by atoms with E-state index < -0.39 is 15.6 Å². The third-order valence-electron chi connectivity index (χ3n) is 4.72. The summed E-state index contributed by atoms with van der Waals surface area (Å²) in [6.07, 6.45) is 2.25. The summed E-state index contributed by atoms with van der Waals surface area (Å²) in [4.78, 5) is 14.1. The van der Waals surface area contributed by atoms with Crippen molar-refractivity contribution >= 4 is 27.3 Å². The fourth-order valence-electron chi connectivity index (χ4n) is 2.90. The molecule has 2 fully saturated rings. The van der Waals surface area contributed by atoms with Crippen LogP contribution in [0.5, 0.6) is 0 Å². The summed E-state index contributed by atoms with van der Waals surface area (Å²) in [5, 5.41) is 10.9. The number of morpholine rings is 1. The molecule has 2 aliphatic rings. The molecule has 1 aliphatic heterocycles. The molecule has 9 heteroatoms. The first kappa shape index (κ1) is 17.4. The number of thiophene rings is 1. The molecule has 1 aromatic rings. The molecule has 130 valence electrons. The number of amides is 1. The summed E-state index contributed by atoms with van der Waals surface area (Å²) < 4.78 is 31.9. The molecule has 1 saturated carbocycles. The molecule has 1 aromatic heterocycles. The third-order valence-corrected chi connectivity index (χ3v) is 8.04. The minimum absolute atomic E-state index is 0.153. The van der Waals surface area contributed by atoms with E-state index in [9.17, 15) is 18.5 Å². The minimum Gasteiger partial charge on any atom is -0.379 e. The van der Waals surface area contributed by atoms with Crippen LogP contribution in [-0.4, -0.2) is 62.4 Å². The first-order valence-electron chi connectivity index (χ1n) is 7.76. The van der Waals surface area contributed by atoms with Gasteiger partial charge in [-0.3, -0.25) is 4.79 Å². The highest BCUT2D eigenvalue weighted by Gasteiger charge is 2.44. The van der Waals surface area contributed by atoms with Gasteiger partial charge in [-0.1, -0.05) is 0 Å². The van der Waals surface area contributed by atoms with E-state index in [1.54, 1.807) is 12.4 Å². The molecule has 0 spiro atoms. The van der Waals surface area contributed by atoms with Crippen LogP contribution in [0.1, 0.15) is 29.6 Å². The van der Waals surface area contributed by atoms with Crippen molar-refractivity contribution in [2.24, 2.45) is 0 Å². The van der Waals surface area contributed by atoms with Gasteiger partial charge in [0.2, 0.25) is 0 Å².